The Morgan fingerprint density at radius 1 is 1.45 bits per heavy atom. The summed E-state index contributed by atoms with van der Waals surface area (Å²) in [6, 6.07) is -0.492. The summed E-state index contributed by atoms with van der Waals surface area (Å²) >= 11 is 0. The maximum Gasteiger partial charge on any atom is 0.320 e. The molecule has 0 aromatic rings. The molecule has 2 saturated heterocycles. The minimum Gasteiger partial charge on any atom is -0.481 e. The van der Waals surface area contributed by atoms with Crippen LogP contribution in [0.1, 0.15) is 19.8 Å². The quantitative estimate of drug-likeness (QED) is 0.758. The molecule has 2 heterocycles. The number of likely N-dealkylation sites (tertiary alicyclic amines) is 1. The Balaban J connectivity index is 2.06. The maximum atomic E-state index is 12.6. The number of carbonyl (C=O) groups excluding carboxylic acids is 1. The number of carboxylic acid groups (broad SMARTS) is 1. The molecule has 7 heteroatoms. The summed E-state index contributed by atoms with van der Waals surface area (Å²) in [5.74, 6) is -1.55. The lowest BCUT2D eigenvalue weighted by molar-refractivity contribution is -0.142. The lowest BCUT2D eigenvalue weighted by atomic mass is 10.0. The van der Waals surface area contributed by atoms with E-state index in [1.54, 1.807) is 9.80 Å². The van der Waals surface area contributed by atoms with Crippen LogP contribution in [0.5, 0.6) is 0 Å². The number of aliphatic carboxylic acids is 1. The first-order valence-electron chi connectivity index (χ1n) is 7.16. The van der Waals surface area contributed by atoms with Crippen LogP contribution < -0.4 is 5.73 Å². The van der Waals surface area contributed by atoms with Gasteiger partial charge in [-0.3, -0.25) is 4.79 Å². The molecule has 3 unspecified atom stereocenters. The number of nitrogens with zero attached hydrogens (tertiary/aromatic N) is 2. The van der Waals surface area contributed by atoms with E-state index in [0.29, 0.717) is 19.6 Å². The number of hydrogen-bond donors (Lipinski definition) is 2. The first-order chi connectivity index (χ1) is 9.54. The van der Waals surface area contributed by atoms with Gasteiger partial charge in [0, 0.05) is 25.7 Å². The van der Waals surface area contributed by atoms with Crippen LogP contribution in [0, 0.1) is 5.92 Å². The monoisotopic (exact) mass is 285 g/mol. The van der Waals surface area contributed by atoms with Gasteiger partial charge in [0.1, 0.15) is 5.92 Å². The molecule has 0 spiro atoms. The fourth-order valence-corrected chi connectivity index (χ4v) is 2.96. The second-order valence-electron chi connectivity index (χ2n) is 5.47. The number of nitrogens with two attached hydrogens (primary N) is 1. The number of amides is 2. The Morgan fingerprint density at radius 3 is 2.80 bits per heavy atom. The smallest absolute Gasteiger partial charge is 0.320 e. The molecule has 0 bridgehead atoms. The van der Waals surface area contributed by atoms with Crippen LogP contribution in [0.25, 0.3) is 0 Å². The first kappa shape index (κ1) is 15.1. The number of urea groups is 1. The molecule has 0 saturated carbocycles. The number of carbonyl (C=O) groups is 2. The summed E-state index contributed by atoms with van der Waals surface area (Å²) in [6.07, 6.45) is 1.83. The predicted molar refractivity (Wildman–Crippen MR) is 72.3 cm³/mol. The highest BCUT2D eigenvalue weighted by atomic mass is 16.5. The van der Waals surface area contributed by atoms with E-state index in [-0.39, 0.29) is 31.3 Å². The zero-order chi connectivity index (χ0) is 14.7. The van der Waals surface area contributed by atoms with Gasteiger partial charge in [-0.05, 0) is 19.8 Å². The summed E-state index contributed by atoms with van der Waals surface area (Å²) in [7, 11) is 0. The van der Waals surface area contributed by atoms with Gasteiger partial charge in [-0.1, -0.05) is 0 Å². The third-order valence-corrected chi connectivity index (χ3v) is 4.08. The molecular weight excluding hydrogens is 262 g/mol. The van der Waals surface area contributed by atoms with Crippen LogP contribution in [0.15, 0.2) is 0 Å². The van der Waals surface area contributed by atoms with Gasteiger partial charge in [0.15, 0.2) is 0 Å². The number of hydrogen-bond acceptors (Lipinski definition) is 4. The van der Waals surface area contributed by atoms with Crippen LogP contribution in [0.4, 0.5) is 4.79 Å². The van der Waals surface area contributed by atoms with Gasteiger partial charge >= 0.3 is 12.0 Å². The van der Waals surface area contributed by atoms with Gasteiger partial charge in [-0.2, -0.15) is 0 Å². The molecule has 0 radical (unpaired) electrons. The topological polar surface area (TPSA) is 96.1 Å². The van der Waals surface area contributed by atoms with E-state index in [2.05, 4.69) is 0 Å². The van der Waals surface area contributed by atoms with E-state index >= 15 is 0 Å². The molecule has 3 N–H and O–H groups in total. The minimum absolute atomic E-state index is 0.0153. The third kappa shape index (κ3) is 3.04. The second kappa shape index (κ2) is 6.41. The predicted octanol–water partition coefficient (Wildman–Crippen LogP) is -0.0490. The summed E-state index contributed by atoms with van der Waals surface area (Å²) in [5.41, 5.74) is 5.90. The minimum atomic E-state index is -0.908. The van der Waals surface area contributed by atoms with Gasteiger partial charge in [0.2, 0.25) is 0 Å². The SMILES string of the molecule is CCN(C(=O)N1CCCC(N)C1)C1COCC1C(=O)O. The van der Waals surface area contributed by atoms with Crippen molar-refractivity contribution in [2.24, 2.45) is 11.7 Å². The van der Waals surface area contributed by atoms with Crippen molar-refractivity contribution in [3.05, 3.63) is 0 Å². The number of ether oxygens (including phenoxy) is 1. The molecule has 114 valence electrons. The first-order valence-corrected chi connectivity index (χ1v) is 7.16. The van der Waals surface area contributed by atoms with E-state index in [4.69, 9.17) is 10.5 Å². The number of carboxylic acids is 1. The molecule has 2 rings (SSSR count). The van der Waals surface area contributed by atoms with Crippen LogP contribution >= 0.6 is 0 Å². The van der Waals surface area contributed by atoms with Gasteiger partial charge in [0.25, 0.3) is 0 Å². The zero-order valence-electron chi connectivity index (χ0n) is 11.8. The van der Waals surface area contributed by atoms with E-state index in [1.807, 2.05) is 6.92 Å². The fourth-order valence-electron chi connectivity index (χ4n) is 2.96. The van der Waals surface area contributed by atoms with Crippen molar-refractivity contribution in [1.82, 2.24) is 9.80 Å². The number of rotatable bonds is 3. The van der Waals surface area contributed by atoms with E-state index in [9.17, 15) is 14.7 Å². The highest BCUT2D eigenvalue weighted by molar-refractivity contribution is 5.77. The summed E-state index contributed by atoms with van der Waals surface area (Å²) in [5, 5.41) is 9.21. The summed E-state index contributed by atoms with van der Waals surface area (Å²) in [6.45, 7) is 4.02. The Bertz CT molecular complexity index is 377. The summed E-state index contributed by atoms with van der Waals surface area (Å²) in [4.78, 5) is 27.2. The standard InChI is InChI=1S/C13H23N3O4/c1-2-16(11-8-20-7-10(11)12(17)18)13(19)15-5-3-4-9(14)6-15/h9-11H,2-8,14H2,1H3,(H,17,18). The van der Waals surface area contributed by atoms with Gasteiger partial charge in [-0.15, -0.1) is 0 Å². The normalized spacial score (nSPS) is 30.3. The van der Waals surface area contributed by atoms with Crippen molar-refractivity contribution in [2.45, 2.75) is 31.8 Å². The largest absolute Gasteiger partial charge is 0.481 e. The lowest BCUT2D eigenvalue weighted by Crippen LogP contribution is -2.55. The van der Waals surface area contributed by atoms with Crippen molar-refractivity contribution >= 4 is 12.0 Å². The Kier molecular flexibility index (Phi) is 4.82. The van der Waals surface area contributed by atoms with E-state index < -0.39 is 11.9 Å². The molecule has 0 aromatic heterocycles. The van der Waals surface area contributed by atoms with Crippen LogP contribution in [-0.2, 0) is 9.53 Å². The lowest BCUT2D eigenvalue weighted by Gasteiger charge is -2.37. The van der Waals surface area contributed by atoms with E-state index in [1.165, 1.54) is 0 Å². The molecular formula is C13H23N3O4. The van der Waals surface area contributed by atoms with Crippen molar-refractivity contribution in [2.75, 3.05) is 32.8 Å². The number of piperidine rings is 1. The van der Waals surface area contributed by atoms with Gasteiger partial charge in [0.05, 0.1) is 19.3 Å². The number of likely N-dealkylation sites (N-methyl/N-ethyl adjacent to an activating group) is 1. The molecule has 2 aliphatic rings. The average molecular weight is 285 g/mol. The van der Waals surface area contributed by atoms with Crippen LogP contribution in [-0.4, -0.2) is 71.8 Å². The van der Waals surface area contributed by atoms with Crippen LogP contribution in [0.3, 0.4) is 0 Å². The van der Waals surface area contributed by atoms with Crippen molar-refractivity contribution in [1.29, 1.82) is 0 Å². The Morgan fingerprint density at radius 2 is 2.20 bits per heavy atom. The van der Waals surface area contributed by atoms with Crippen molar-refractivity contribution < 1.29 is 19.4 Å². The molecule has 7 nitrogen and oxygen atoms in total. The molecule has 0 aliphatic carbocycles. The Labute approximate surface area is 118 Å². The fraction of sp³-hybridized carbons (Fsp3) is 0.846. The maximum absolute atomic E-state index is 12.6. The van der Waals surface area contributed by atoms with Crippen LogP contribution in [0.2, 0.25) is 0 Å². The Hall–Kier alpha value is -1.34. The van der Waals surface area contributed by atoms with E-state index in [0.717, 1.165) is 12.8 Å². The van der Waals surface area contributed by atoms with Gasteiger partial charge < -0.3 is 25.4 Å². The molecule has 2 fully saturated rings. The molecule has 2 aliphatic heterocycles. The van der Waals surface area contributed by atoms with Crippen molar-refractivity contribution in [3.63, 3.8) is 0 Å². The third-order valence-electron chi connectivity index (χ3n) is 4.08. The summed E-state index contributed by atoms with van der Waals surface area (Å²) < 4.78 is 5.25. The van der Waals surface area contributed by atoms with Gasteiger partial charge in [-0.25, -0.2) is 4.79 Å². The highest BCUT2D eigenvalue weighted by Gasteiger charge is 2.41. The van der Waals surface area contributed by atoms with Crippen molar-refractivity contribution in [3.8, 4) is 0 Å². The molecule has 3 atom stereocenters. The highest BCUT2D eigenvalue weighted by Crippen LogP contribution is 2.22. The average Bonchev–Trinajstić information content (AvgIpc) is 2.89. The molecule has 20 heavy (non-hydrogen) atoms. The molecule has 0 aromatic carbocycles. The zero-order valence-corrected chi connectivity index (χ0v) is 11.8. The second-order valence-corrected chi connectivity index (χ2v) is 5.47. The molecule has 2 amide bonds.